The van der Waals surface area contributed by atoms with Gasteiger partial charge in [-0.25, -0.2) is 0 Å². The molecule has 0 aromatic rings. The number of nitrogens with one attached hydrogen (secondary N) is 1. The van der Waals surface area contributed by atoms with Gasteiger partial charge in [0.1, 0.15) is 0 Å². The Morgan fingerprint density at radius 2 is 1.06 bits per heavy atom. The standard InChI is InChI=1S/C16H35N/c1-5-7-9-11-13-15(3)17-16(4)14-12-10-8-6-2/h15-17H,5-14H2,1-4H3/t15-,16-/m0/s1. The first-order chi connectivity index (χ1) is 8.20. The van der Waals surface area contributed by atoms with Gasteiger partial charge in [0.15, 0.2) is 0 Å². The highest BCUT2D eigenvalue weighted by Gasteiger charge is 2.06. The van der Waals surface area contributed by atoms with E-state index in [2.05, 4.69) is 33.0 Å². The highest BCUT2D eigenvalue weighted by atomic mass is 14.9. The second-order valence-electron chi connectivity index (χ2n) is 5.67. The molecule has 0 aromatic heterocycles. The van der Waals surface area contributed by atoms with Crippen LogP contribution in [0, 0.1) is 0 Å². The van der Waals surface area contributed by atoms with E-state index in [9.17, 15) is 0 Å². The summed E-state index contributed by atoms with van der Waals surface area (Å²) in [5.41, 5.74) is 0. The van der Waals surface area contributed by atoms with E-state index in [1.807, 2.05) is 0 Å². The van der Waals surface area contributed by atoms with Crippen LogP contribution in [0.5, 0.6) is 0 Å². The summed E-state index contributed by atoms with van der Waals surface area (Å²) in [4.78, 5) is 0. The number of hydrogen-bond acceptors (Lipinski definition) is 1. The zero-order chi connectivity index (χ0) is 12.9. The first-order valence-corrected chi connectivity index (χ1v) is 7.96. The molecule has 1 N–H and O–H groups in total. The minimum atomic E-state index is 0.702. The summed E-state index contributed by atoms with van der Waals surface area (Å²) in [6.07, 6.45) is 13.8. The second-order valence-corrected chi connectivity index (χ2v) is 5.67. The summed E-state index contributed by atoms with van der Waals surface area (Å²) in [5.74, 6) is 0. The van der Waals surface area contributed by atoms with Crippen molar-refractivity contribution in [3.63, 3.8) is 0 Å². The molecule has 0 amide bonds. The van der Waals surface area contributed by atoms with Gasteiger partial charge in [-0.15, -0.1) is 0 Å². The van der Waals surface area contributed by atoms with Crippen LogP contribution >= 0.6 is 0 Å². The Kier molecular flexibility index (Phi) is 12.4. The van der Waals surface area contributed by atoms with Crippen molar-refractivity contribution in [2.45, 2.75) is 104 Å². The van der Waals surface area contributed by atoms with Crippen molar-refractivity contribution in [1.29, 1.82) is 0 Å². The van der Waals surface area contributed by atoms with Gasteiger partial charge in [0.25, 0.3) is 0 Å². The van der Waals surface area contributed by atoms with Crippen molar-refractivity contribution in [2.75, 3.05) is 0 Å². The van der Waals surface area contributed by atoms with Gasteiger partial charge >= 0.3 is 0 Å². The average Bonchev–Trinajstić information content (AvgIpc) is 2.30. The molecule has 0 aromatic carbocycles. The first-order valence-electron chi connectivity index (χ1n) is 7.96. The summed E-state index contributed by atoms with van der Waals surface area (Å²) in [5, 5.41) is 3.73. The first kappa shape index (κ1) is 17.0. The van der Waals surface area contributed by atoms with Crippen LogP contribution in [0.3, 0.4) is 0 Å². The molecule has 17 heavy (non-hydrogen) atoms. The van der Waals surface area contributed by atoms with Crippen LogP contribution in [0.1, 0.15) is 91.9 Å². The molecule has 0 fully saturated rings. The lowest BCUT2D eigenvalue weighted by Crippen LogP contribution is -2.34. The summed E-state index contributed by atoms with van der Waals surface area (Å²) in [7, 11) is 0. The number of hydrogen-bond donors (Lipinski definition) is 1. The maximum absolute atomic E-state index is 3.73. The van der Waals surface area contributed by atoms with Crippen molar-refractivity contribution in [3.05, 3.63) is 0 Å². The van der Waals surface area contributed by atoms with Crippen LogP contribution in [0.15, 0.2) is 0 Å². The molecule has 0 bridgehead atoms. The van der Waals surface area contributed by atoms with Gasteiger partial charge in [-0.3, -0.25) is 0 Å². The zero-order valence-electron chi connectivity index (χ0n) is 12.7. The molecule has 0 saturated heterocycles. The summed E-state index contributed by atoms with van der Waals surface area (Å²) >= 11 is 0. The fraction of sp³-hybridized carbons (Fsp3) is 1.00. The minimum Gasteiger partial charge on any atom is -0.312 e. The summed E-state index contributed by atoms with van der Waals surface area (Å²) in [6.45, 7) is 9.24. The topological polar surface area (TPSA) is 12.0 Å². The van der Waals surface area contributed by atoms with Gasteiger partial charge < -0.3 is 5.32 Å². The van der Waals surface area contributed by atoms with Crippen molar-refractivity contribution in [2.24, 2.45) is 0 Å². The number of unbranched alkanes of at least 4 members (excludes halogenated alkanes) is 6. The highest BCUT2D eigenvalue weighted by Crippen LogP contribution is 2.09. The number of rotatable bonds is 12. The Balaban J connectivity index is 3.35. The quantitative estimate of drug-likeness (QED) is 0.458. The monoisotopic (exact) mass is 241 g/mol. The predicted octanol–water partition coefficient (Wildman–Crippen LogP) is 5.29. The van der Waals surface area contributed by atoms with Crippen LogP contribution < -0.4 is 5.32 Å². The Labute approximate surface area is 110 Å². The third-order valence-electron chi connectivity index (χ3n) is 3.55. The molecule has 0 saturated carbocycles. The fourth-order valence-electron chi connectivity index (χ4n) is 2.41. The predicted molar refractivity (Wildman–Crippen MR) is 79.6 cm³/mol. The lowest BCUT2D eigenvalue weighted by molar-refractivity contribution is 0.404. The van der Waals surface area contributed by atoms with Crippen LogP contribution in [0.4, 0.5) is 0 Å². The van der Waals surface area contributed by atoms with Gasteiger partial charge in [0.2, 0.25) is 0 Å². The van der Waals surface area contributed by atoms with Crippen molar-refractivity contribution < 1.29 is 0 Å². The molecule has 0 heterocycles. The van der Waals surface area contributed by atoms with Crippen molar-refractivity contribution in [3.8, 4) is 0 Å². The van der Waals surface area contributed by atoms with Crippen molar-refractivity contribution in [1.82, 2.24) is 5.32 Å². The molecule has 2 atom stereocenters. The zero-order valence-corrected chi connectivity index (χ0v) is 12.7. The normalized spacial score (nSPS) is 14.8. The Morgan fingerprint density at radius 1 is 0.647 bits per heavy atom. The minimum absolute atomic E-state index is 0.702. The SMILES string of the molecule is CCCCCC[C@H](C)N[C@@H](C)CCCCCC. The molecule has 0 rings (SSSR count). The van der Waals surface area contributed by atoms with E-state index in [0.717, 1.165) is 0 Å². The van der Waals surface area contributed by atoms with E-state index < -0.39 is 0 Å². The molecule has 0 spiro atoms. The molecule has 1 nitrogen and oxygen atoms in total. The molecule has 104 valence electrons. The molecule has 0 aliphatic rings. The third kappa shape index (κ3) is 12.2. The molecular weight excluding hydrogens is 206 g/mol. The van der Waals surface area contributed by atoms with E-state index >= 15 is 0 Å². The van der Waals surface area contributed by atoms with Crippen LogP contribution in [-0.2, 0) is 0 Å². The van der Waals surface area contributed by atoms with E-state index in [1.54, 1.807) is 0 Å². The molecular formula is C16H35N. The van der Waals surface area contributed by atoms with Crippen LogP contribution in [0.25, 0.3) is 0 Å². The van der Waals surface area contributed by atoms with E-state index in [4.69, 9.17) is 0 Å². The van der Waals surface area contributed by atoms with E-state index in [0.29, 0.717) is 12.1 Å². The maximum Gasteiger partial charge on any atom is 0.00412 e. The Morgan fingerprint density at radius 3 is 1.41 bits per heavy atom. The van der Waals surface area contributed by atoms with Crippen molar-refractivity contribution >= 4 is 0 Å². The van der Waals surface area contributed by atoms with E-state index in [-0.39, 0.29) is 0 Å². The molecule has 1 heteroatoms. The largest absolute Gasteiger partial charge is 0.312 e. The average molecular weight is 241 g/mol. The Bertz CT molecular complexity index is 128. The molecule has 0 unspecified atom stereocenters. The van der Waals surface area contributed by atoms with Gasteiger partial charge in [0.05, 0.1) is 0 Å². The lowest BCUT2D eigenvalue weighted by Gasteiger charge is -2.20. The maximum atomic E-state index is 3.73. The van der Waals surface area contributed by atoms with Gasteiger partial charge in [-0.2, -0.15) is 0 Å². The van der Waals surface area contributed by atoms with Gasteiger partial charge in [-0.1, -0.05) is 65.2 Å². The molecule has 0 aliphatic carbocycles. The third-order valence-corrected chi connectivity index (χ3v) is 3.55. The smallest absolute Gasteiger partial charge is 0.00412 e. The Hall–Kier alpha value is -0.0400. The summed E-state index contributed by atoms with van der Waals surface area (Å²) in [6, 6.07) is 1.40. The molecule has 0 radical (unpaired) electrons. The lowest BCUT2D eigenvalue weighted by atomic mass is 10.1. The molecule has 0 aliphatic heterocycles. The van der Waals surface area contributed by atoms with Gasteiger partial charge in [-0.05, 0) is 26.7 Å². The summed E-state index contributed by atoms with van der Waals surface area (Å²) < 4.78 is 0. The second kappa shape index (κ2) is 12.4. The van der Waals surface area contributed by atoms with E-state index in [1.165, 1.54) is 64.2 Å². The highest BCUT2D eigenvalue weighted by molar-refractivity contribution is 4.67. The van der Waals surface area contributed by atoms with Crippen LogP contribution in [0.2, 0.25) is 0 Å². The van der Waals surface area contributed by atoms with Crippen LogP contribution in [-0.4, -0.2) is 12.1 Å². The fourth-order valence-corrected chi connectivity index (χ4v) is 2.41. The van der Waals surface area contributed by atoms with Gasteiger partial charge in [0, 0.05) is 12.1 Å².